The fourth-order valence-corrected chi connectivity index (χ4v) is 5.37. The molecule has 32 heavy (non-hydrogen) atoms. The summed E-state index contributed by atoms with van der Waals surface area (Å²) in [4.78, 5) is 44.3. The van der Waals surface area contributed by atoms with Gasteiger partial charge in [-0.05, 0) is 29.7 Å². The minimum Gasteiger partial charge on any atom is -0.459 e. The summed E-state index contributed by atoms with van der Waals surface area (Å²) in [5, 5.41) is 0. The molecule has 1 amide bonds. The van der Waals surface area contributed by atoms with Crippen molar-refractivity contribution in [3.8, 4) is 0 Å². The maximum atomic E-state index is 12.7. The van der Waals surface area contributed by atoms with Gasteiger partial charge in [-0.25, -0.2) is 4.98 Å². The summed E-state index contributed by atoms with van der Waals surface area (Å²) in [5.41, 5.74) is 3.14. The van der Waals surface area contributed by atoms with Crippen LogP contribution in [0.5, 0.6) is 0 Å². The standard InChI is InChI=1S/C24H21N3O4S/c1-15(28)26-11-10-16-6-2-3-7-18(16)20(26)13-23(30)31-14-17-12-22(29)27-19-8-4-5-9-21(19)32-24(27)25-17/h2-9,12,20H,10-11,13-14H2,1H3. The van der Waals surface area contributed by atoms with E-state index in [1.54, 1.807) is 9.30 Å². The lowest BCUT2D eigenvalue weighted by atomic mass is 9.90. The van der Waals surface area contributed by atoms with E-state index in [0.29, 0.717) is 17.2 Å². The summed E-state index contributed by atoms with van der Waals surface area (Å²) in [6.45, 7) is 2.00. The van der Waals surface area contributed by atoms with E-state index >= 15 is 0 Å². The molecule has 2 aromatic carbocycles. The van der Waals surface area contributed by atoms with Crippen LogP contribution < -0.4 is 5.56 Å². The molecule has 3 heterocycles. The van der Waals surface area contributed by atoms with Gasteiger partial charge < -0.3 is 9.64 Å². The Morgan fingerprint density at radius 3 is 2.78 bits per heavy atom. The van der Waals surface area contributed by atoms with Crippen molar-refractivity contribution in [3.63, 3.8) is 0 Å². The predicted molar refractivity (Wildman–Crippen MR) is 122 cm³/mol. The third-order valence-corrected chi connectivity index (χ3v) is 6.83. The number of amides is 1. The van der Waals surface area contributed by atoms with Gasteiger partial charge in [0.2, 0.25) is 5.91 Å². The number of hydrogen-bond acceptors (Lipinski definition) is 6. The summed E-state index contributed by atoms with van der Waals surface area (Å²) >= 11 is 1.42. The van der Waals surface area contributed by atoms with Crippen LogP contribution in [0.25, 0.3) is 15.2 Å². The van der Waals surface area contributed by atoms with Crippen molar-refractivity contribution < 1.29 is 14.3 Å². The minimum absolute atomic E-state index is 0.0563. The monoisotopic (exact) mass is 447 g/mol. The summed E-state index contributed by atoms with van der Waals surface area (Å²) in [7, 11) is 0. The molecule has 5 rings (SSSR count). The Balaban J connectivity index is 1.34. The lowest BCUT2D eigenvalue weighted by molar-refractivity contribution is -0.147. The molecular formula is C24H21N3O4S. The lowest BCUT2D eigenvalue weighted by Gasteiger charge is -2.36. The first-order chi connectivity index (χ1) is 15.5. The van der Waals surface area contributed by atoms with Gasteiger partial charge >= 0.3 is 5.97 Å². The van der Waals surface area contributed by atoms with Gasteiger partial charge in [0.1, 0.15) is 6.61 Å². The molecule has 1 unspecified atom stereocenters. The maximum Gasteiger partial charge on any atom is 0.308 e. The molecule has 2 aromatic heterocycles. The number of benzene rings is 2. The second-order valence-corrected chi connectivity index (χ2v) is 8.82. The molecule has 1 aliphatic heterocycles. The van der Waals surface area contributed by atoms with Crippen LogP contribution in [0.15, 0.2) is 59.4 Å². The smallest absolute Gasteiger partial charge is 0.308 e. The SMILES string of the molecule is CC(=O)N1CCc2ccccc2C1CC(=O)OCc1cc(=O)n2c(n1)sc1ccccc12. The Bertz CT molecular complexity index is 1410. The van der Waals surface area contributed by atoms with Crippen LogP contribution in [0, 0.1) is 0 Å². The van der Waals surface area contributed by atoms with Gasteiger partial charge in [0.25, 0.3) is 5.56 Å². The van der Waals surface area contributed by atoms with Crippen molar-refractivity contribution in [2.24, 2.45) is 0 Å². The van der Waals surface area contributed by atoms with Gasteiger partial charge in [-0.1, -0.05) is 47.7 Å². The van der Waals surface area contributed by atoms with Crippen molar-refractivity contribution in [1.29, 1.82) is 0 Å². The first-order valence-electron chi connectivity index (χ1n) is 10.4. The van der Waals surface area contributed by atoms with Crippen LogP contribution in [0.2, 0.25) is 0 Å². The second-order valence-electron chi connectivity index (χ2n) is 7.82. The van der Waals surface area contributed by atoms with Gasteiger partial charge in [0.15, 0.2) is 4.96 Å². The zero-order valence-electron chi connectivity index (χ0n) is 17.5. The average Bonchev–Trinajstić information content (AvgIpc) is 3.16. The van der Waals surface area contributed by atoms with Gasteiger partial charge in [0, 0.05) is 19.5 Å². The summed E-state index contributed by atoms with van der Waals surface area (Å²) in [6.07, 6.45) is 0.824. The second kappa shape index (κ2) is 8.20. The molecule has 0 bridgehead atoms. The zero-order chi connectivity index (χ0) is 22.2. The molecule has 162 valence electrons. The van der Waals surface area contributed by atoms with Crippen LogP contribution in [-0.4, -0.2) is 32.7 Å². The Kier molecular flexibility index (Phi) is 5.22. The summed E-state index contributed by atoms with van der Waals surface area (Å²) < 4.78 is 8.00. The largest absolute Gasteiger partial charge is 0.459 e. The number of aromatic nitrogens is 2. The van der Waals surface area contributed by atoms with E-state index in [-0.39, 0.29) is 30.5 Å². The molecule has 7 nitrogen and oxygen atoms in total. The molecule has 0 spiro atoms. The summed E-state index contributed by atoms with van der Waals surface area (Å²) in [5.74, 6) is -0.501. The quantitative estimate of drug-likeness (QED) is 0.448. The van der Waals surface area contributed by atoms with Crippen LogP contribution in [0.3, 0.4) is 0 Å². The number of ether oxygens (including phenoxy) is 1. The first kappa shape index (κ1) is 20.4. The number of carbonyl (C=O) groups excluding carboxylic acids is 2. The molecule has 0 saturated carbocycles. The van der Waals surface area contributed by atoms with E-state index in [4.69, 9.17) is 4.74 Å². The number of carbonyl (C=O) groups is 2. The van der Waals surface area contributed by atoms with Crippen LogP contribution in [0.1, 0.15) is 36.2 Å². The molecule has 0 N–H and O–H groups in total. The van der Waals surface area contributed by atoms with Crippen LogP contribution in [0.4, 0.5) is 0 Å². The molecule has 0 radical (unpaired) electrons. The highest BCUT2D eigenvalue weighted by Gasteiger charge is 2.31. The number of fused-ring (bicyclic) bond motifs is 4. The highest BCUT2D eigenvalue weighted by molar-refractivity contribution is 7.23. The van der Waals surface area contributed by atoms with E-state index in [9.17, 15) is 14.4 Å². The molecule has 4 aromatic rings. The third kappa shape index (κ3) is 3.67. The Hall–Kier alpha value is -3.52. The molecule has 1 atom stereocenters. The van der Waals surface area contributed by atoms with E-state index in [1.807, 2.05) is 48.5 Å². The lowest BCUT2D eigenvalue weighted by Crippen LogP contribution is -2.39. The molecule has 0 aliphatic carbocycles. The summed E-state index contributed by atoms with van der Waals surface area (Å²) in [6, 6.07) is 16.5. The van der Waals surface area contributed by atoms with Crippen molar-refractivity contribution in [3.05, 3.63) is 81.8 Å². The fraction of sp³-hybridized carbons (Fsp3) is 0.250. The van der Waals surface area contributed by atoms with Crippen molar-refractivity contribution >= 4 is 38.4 Å². The highest BCUT2D eigenvalue weighted by Crippen LogP contribution is 2.32. The molecule has 0 saturated heterocycles. The van der Waals surface area contributed by atoms with Gasteiger partial charge in [-0.3, -0.25) is 18.8 Å². The van der Waals surface area contributed by atoms with Crippen LogP contribution in [-0.2, 0) is 27.4 Å². The normalized spacial score (nSPS) is 15.7. The number of nitrogens with zero attached hydrogens (tertiary/aromatic N) is 3. The Morgan fingerprint density at radius 2 is 1.94 bits per heavy atom. The van der Waals surface area contributed by atoms with Gasteiger partial charge in [-0.2, -0.15) is 0 Å². The third-order valence-electron chi connectivity index (χ3n) is 5.81. The van der Waals surface area contributed by atoms with E-state index in [2.05, 4.69) is 4.98 Å². The van der Waals surface area contributed by atoms with E-state index < -0.39 is 5.97 Å². The minimum atomic E-state index is -0.434. The Labute approximate surface area is 187 Å². The van der Waals surface area contributed by atoms with Gasteiger partial charge in [0.05, 0.1) is 28.4 Å². The number of para-hydroxylation sites is 1. The number of rotatable bonds is 4. The fourth-order valence-electron chi connectivity index (χ4n) is 4.32. The van der Waals surface area contributed by atoms with Crippen molar-refractivity contribution in [1.82, 2.24) is 14.3 Å². The number of thiazole rings is 1. The predicted octanol–water partition coefficient (Wildman–Crippen LogP) is 3.49. The van der Waals surface area contributed by atoms with E-state index in [1.165, 1.54) is 24.3 Å². The van der Waals surface area contributed by atoms with E-state index in [0.717, 1.165) is 27.8 Å². The number of esters is 1. The van der Waals surface area contributed by atoms with Gasteiger partial charge in [-0.15, -0.1) is 0 Å². The first-order valence-corrected chi connectivity index (χ1v) is 11.2. The molecule has 8 heteroatoms. The van der Waals surface area contributed by atoms with Crippen molar-refractivity contribution in [2.45, 2.75) is 32.4 Å². The molecule has 0 fully saturated rings. The number of hydrogen-bond donors (Lipinski definition) is 0. The maximum absolute atomic E-state index is 12.7. The topological polar surface area (TPSA) is 81.0 Å². The van der Waals surface area contributed by atoms with Crippen LogP contribution >= 0.6 is 11.3 Å². The highest BCUT2D eigenvalue weighted by atomic mass is 32.1. The Morgan fingerprint density at radius 1 is 1.16 bits per heavy atom. The van der Waals surface area contributed by atoms with Crippen molar-refractivity contribution in [2.75, 3.05) is 6.54 Å². The average molecular weight is 448 g/mol. The zero-order valence-corrected chi connectivity index (χ0v) is 18.3. The molecular weight excluding hydrogens is 426 g/mol. The molecule has 1 aliphatic rings.